The third kappa shape index (κ3) is 2.39. The van der Waals surface area contributed by atoms with E-state index in [1.165, 1.54) is 0 Å². The Balaban J connectivity index is 2.55. The fourth-order valence-corrected chi connectivity index (χ4v) is 2.01. The molecule has 3 N–H and O–H groups in total. The van der Waals surface area contributed by atoms with E-state index in [1.54, 1.807) is 30.3 Å². The number of nitrogens with two attached hydrogens (primary N) is 1. The van der Waals surface area contributed by atoms with Gasteiger partial charge >= 0.3 is 0 Å². The Morgan fingerprint density at radius 2 is 2.00 bits per heavy atom. The van der Waals surface area contributed by atoms with E-state index >= 15 is 0 Å². The fraction of sp³-hybridized carbons (Fsp3) is 0. The molecule has 1 aromatic heterocycles. The summed E-state index contributed by atoms with van der Waals surface area (Å²) in [6.07, 6.45) is 0. The second-order valence-corrected chi connectivity index (χ2v) is 4.32. The van der Waals surface area contributed by atoms with Crippen molar-refractivity contribution in [3.05, 3.63) is 45.9 Å². The van der Waals surface area contributed by atoms with Crippen molar-refractivity contribution in [1.29, 1.82) is 5.26 Å². The molecule has 18 heavy (non-hydrogen) atoms. The van der Waals surface area contributed by atoms with Gasteiger partial charge in [0.25, 0.3) is 0 Å². The number of anilines is 1. The molecule has 0 aliphatic rings. The standard InChI is InChI=1S/C12H8Cl2N4/c13-8-2-3-9(10(14)5-8)11-4-1-7(6-15)12(17-11)18-16/h1-5H,16H2,(H,17,18). The molecular formula is C12H8Cl2N4. The van der Waals surface area contributed by atoms with Gasteiger partial charge in [-0.05, 0) is 30.3 Å². The molecule has 0 aliphatic carbocycles. The highest BCUT2D eigenvalue weighted by molar-refractivity contribution is 6.36. The molecule has 0 aliphatic heterocycles. The van der Waals surface area contributed by atoms with Crippen LogP contribution in [0.25, 0.3) is 11.3 Å². The van der Waals surface area contributed by atoms with Crippen LogP contribution in [-0.4, -0.2) is 4.98 Å². The Kier molecular flexibility index (Phi) is 3.68. The second-order valence-electron chi connectivity index (χ2n) is 3.47. The smallest absolute Gasteiger partial charge is 0.158 e. The van der Waals surface area contributed by atoms with Crippen LogP contribution in [0.3, 0.4) is 0 Å². The van der Waals surface area contributed by atoms with Gasteiger partial charge in [0.2, 0.25) is 0 Å². The quantitative estimate of drug-likeness (QED) is 0.653. The number of hydrogen-bond donors (Lipinski definition) is 2. The van der Waals surface area contributed by atoms with Crippen molar-refractivity contribution in [3.63, 3.8) is 0 Å². The lowest BCUT2D eigenvalue weighted by molar-refractivity contribution is 1.21. The normalized spacial score (nSPS) is 9.89. The number of hydrazine groups is 1. The number of benzene rings is 1. The van der Waals surface area contributed by atoms with Crippen molar-refractivity contribution in [1.82, 2.24) is 4.98 Å². The minimum atomic E-state index is 0.306. The maximum Gasteiger partial charge on any atom is 0.158 e. The zero-order valence-electron chi connectivity index (χ0n) is 9.11. The molecule has 0 saturated heterocycles. The fourth-order valence-electron chi connectivity index (χ4n) is 1.51. The molecule has 1 aromatic carbocycles. The molecule has 90 valence electrons. The molecule has 0 saturated carbocycles. The Labute approximate surface area is 114 Å². The molecule has 0 unspecified atom stereocenters. The van der Waals surface area contributed by atoms with E-state index in [-0.39, 0.29) is 0 Å². The summed E-state index contributed by atoms with van der Waals surface area (Å²) >= 11 is 11.9. The van der Waals surface area contributed by atoms with Gasteiger partial charge in [0, 0.05) is 10.6 Å². The first kappa shape index (κ1) is 12.7. The minimum absolute atomic E-state index is 0.306. The number of nitrogens with zero attached hydrogens (tertiary/aromatic N) is 2. The lowest BCUT2D eigenvalue weighted by atomic mass is 10.1. The zero-order chi connectivity index (χ0) is 13.1. The van der Waals surface area contributed by atoms with Crippen molar-refractivity contribution >= 4 is 29.0 Å². The predicted octanol–water partition coefficient (Wildman–Crippen LogP) is 3.21. The number of halogens is 2. The summed E-state index contributed by atoms with van der Waals surface area (Å²) in [7, 11) is 0. The number of nitriles is 1. The van der Waals surface area contributed by atoms with E-state index < -0.39 is 0 Å². The summed E-state index contributed by atoms with van der Waals surface area (Å²) in [5, 5.41) is 9.91. The van der Waals surface area contributed by atoms with Gasteiger partial charge in [-0.25, -0.2) is 10.8 Å². The molecule has 2 rings (SSSR count). The first-order valence-electron chi connectivity index (χ1n) is 4.99. The van der Waals surface area contributed by atoms with Crippen molar-refractivity contribution in [2.45, 2.75) is 0 Å². The largest absolute Gasteiger partial charge is 0.307 e. The van der Waals surface area contributed by atoms with Crippen LogP contribution in [0.2, 0.25) is 10.0 Å². The van der Waals surface area contributed by atoms with Gasteiger partial charge < -0.3 is 5.43 Å². The molecular weight excluding hydrogens is 271 g/mol. The highest BCUT2D eigenvalue weighted by atomic mass is 35.5. The number of hydrogen-bond acceptors (Lipinski definition) is 4. The molecule has 6 heteroatoms. The molecule has 0 amide bonds. The van der Waals surface area contributed by atoms with Crippen molar-refractivity contribution < 1.29 is 0 Å². The Hall–Kier alpha value is -1.80. The first-order chi connectivity index (χ1) is 8.65. The number of aromatic nitrogens is 1. The molecule has 0 atom stereocenters. The van der Waals surface area contributed by atoms with Crippen LogP contribution < -0.4 is 11.3 Å². The molecule has 0 bridgehead atoms. The van der Waals surface area contributed by atoms with E-state index in [2.05, 4.69) is 10.4 Å². The van der Waals surface area contributed by atoms with Crippen LogP contribution in [0.15, 0.2) is 30.3 Å². The Bertz CT molecular complexity index is 634. The van der Waals surface area contributed by atoms with E-state index in [4.69, 9.17) is 34.3 Å². The summed E-state index contributed by atoms with van der Waals surface area (Å²) in [4.78, 5) is 4.24. The average Bonchev–Trinajstić information content (AvgIpc) is 2.38. The monoisotopic (exact) mass is 278 g/mol. The van der Waals surface area contributed by atoms with Gasteiger partial charge in [0.15, 0.2) is 5.82 Å². The maximum atomic E-state index is 8.87. The molecule has 0 radical (unpaired) electrons. The highest BCUT2D eigenvalue weighted by Crippen LogP contribution is 2.30. The van der Waals surface area contributed by atoms with E-state index in [0.717, 1.165) is 5.56 Å². The predicted molar refractivity (Wildman–Crippen MR) is 72.2 cm³/mol. The van der Waals surface area contributed by atoms with E-state index in [9.17, 15) is 0 Å². The van der Waals surface area contributed by atoms with Crippen molar-refractivity contribution in [2.24, 2.45) is 5.84 Å². The van der Waals surface area contributed by atoms with Crippen LogP contribution in [0.5, 0.6) is 0 Å². The highest BCUT2D eigenvalue weighted by Gasteiger charge is 2.09. The van der Waals surface area contributed by atoms with Crippen LogP contribution in [0.1, 0.15) is 5.56 Å². The Morgan fingerprint density at radius 1 is 1.22 bits per heavy atom. The van der Waals surface area contributed by atoms with Gasteiger partial charge in [-0.1, -0.05) is 23.2 Å². The van der Waals surface area contributed by atoms with Crippen LogP contribution in [0, 0.1) is 11.3 Å². The minimum Gasteiger partial charge on any atom is -0.307 e. The van der Waals surface area contributed by atoms with E-state index in [0.29, 0.717) is 27.1 Å². The molecule has 2 aromatic rings. The molecule has 0 fully saturated rings. The number of nitrogens with one attached hydrogen (secondary N) is 1. The van der Waals surface area contributed by atoms with Crippen LogP contribution in [0.4, 0.5) is 5.82 Å². The molecule has 4 nitrogen and oxygen atoms in total. The zero-order valence-corrected chi connectivity index (χ0v) is 10.6. The summed E-state index contributed by atoms with van der Waals surface area (Å²) in [6.45, 7) is 0. The van der Waals surface area contributed by atoms with Gasteiger partial charge in [-0.15, -0.1) is 0 Å². The lowest BCUT2D eigenvalue weighted by Crippen LogP contribution is -2.10. The number of nitrogen functional groups attached to an aromatic ring is 1. The Morgan fingerprint density at radius 3 is 2.61 bits per heavy atom. The number of pyridine rings is 1. The molecule has 0 spiro atoms. The summed E-state index contributed by atoms with van der Waals surface area (Å²) < 4.78 is 0. The molecule has 1 heterocycles. The van der Waals surface area contributed by atoms with Gasteiger partial charge in [0.1, 0.15) is 6.07 Å². The number of rotatable bonds is 2. The van der Waals surface area contributed by atoms with Gasteiger partial charge in [-0.3, -0.25) is 0 Å². The SMILES string of the molecule is N#Cc1ccc(-c2ccc(Cl)cc2Cl)nc1NN. The van der Waals surface area contributed by atoms with Crippen molar-refractivity contribution in [3.8, 4) is 17.3 Å². The first-order valence-corrected chi connectivity index (χ1v) is 5.74. The summed E-state index contributed by atoms with van der Waals surface area (Å²) in [5.74, 6) is 5.62. The van der Waals surface area contributed by atoms with E-state index in [1.807, 2.05) is 6.07 Å². The lowest BCUT2D eigenvalue weighted by Gasteiger charge is -2.07. The maximum absolute atomic E-state index is 8.87. The summed E-state index contributed by atoms with van der Waals surface area (Å²) in [6, 6.07) is 10.4. The topological polar surface area (TPSA) is 74.7 Å². The van der Waals surface area contributed by atoms with Crippen molar-refractivity contribution in [2.75, 3.05) is 5.43 Å². The second kappa shape index (κ2) is 5.23. The summed E-state index contributed by atoms with van der Waals surface area (Å²) in [5.41, 5.74) is 4.09. The average molecular weight is 279 g/mol. The van der Waals surface area contributed by atoms with Crippen LogP contribution >= 0.6 is 23.2 Å². The van der Waals surface area contributed by atoms with Gasteiger partial charge in [-0.2, -0.15) is 5.26 Å². The third-order valence-electron chi connectivity index (χ3n) is 2.36. The third-order valence-corrected chi connectivity index (χ3v) is 2.91. The van der Waals surface area contributed by atoms with Gasteiger partial charge in [0.05, 0.1) is 16.3 Å². The van der Waals surface area contributed by atoms with Crippen LogP contribution in [-0.2, 0) is 0 Å².